The monoisotopic (exact) mass is 294 g/mol. The van der Waals surface area contributed by atoms with Gasteiger partial charge in [0.2, 0.25) is 0 Å². The van der Waals surface area contributed by atoms with E-state index in [0.717, 1.165) is 27.8 Å². The highest BCUT2D eigenvalue weighted by Crippen LogP contribution is 2.24. The van der Waals surface area contributed by atoms with E-state index in [0.29, 0.717) is 6.42 Å². The van der Waals surface area contributed by atoms with Crippen LogP contribution in [0.3, 0.4) is 0 Å². The Bertz CT molecular complexity index is 473. The second-order valence-corrected chi connectivity index (χ2v) is 4.91. The van der Waals surface area contributed by atoms with E-state index in [-0.39, 0.29) is 0 Å². The molecule has 1 unspecified atom stereocenters. The van der Waals surface area contributed by atoms with Gasteiger partial charge >= 0.3 is 0 Å². The Labute approximate surface area is 109 Å². The Balaban J connectivity index is 2.11. The molecule has 1 aromatic heterocycles. The van der Waals surface area contributed by atoms with Crippen molar-refractivity contribution in [1.29, 1.82) is 0 Å². The summed E-state index contributed by atoms with van der Waals surface area (Å²) in [4.78, 5) is 0. The summed E-state index contributed by atoms with van der Waals surface area (Å²) in [7, 11) is 0. The van der Waals surface area contributed by atoms with Gasteiger partial charge in [-0.15, -0.1) is 0 Å². The summed E-state index contributed by atoms with van der Waals surface area (Å²) < 4.78 is 6.37. The van der Waals surface area contributed by atoms with Crippen molar-refractivity contribution in [2.45, 2.75) is 25.9 Å². The summed E-state index contributed by atoms with van der Waals surface area (Å²) in [6, 6.07) is 9.84. The van der Waals surface area contributed by atoms with Crippen molar-refractivity contribution in [1.82, 2.24) is 0 Å². The Morgan fingerprint density at radius 1 is 1.24 bits per heavy atom. The van der Waals surface area contributed by atoms with Gasteiger partial charge in [0, 0.05) is 22.9 Å². The van der Waals surface area contributed by atoms with Gasteiger partial charge in [0.05, 0.1) is 12.4 Å². The third-order valence-electron chi connectivity index (χ3n) is 2.80. The van der Waals surface area contributed by atoms with E-state index in [1.54, 1.807) is 6.26 Å². The number of benzene rings is 1. The van der Waals surface area contributed by atoms with Crippen LogP contribution in [0.2, 0.25) is 0 Å². The van der Waals surface area contributed by atoms with Crippen molar-refractivity contribution in [3.05, 3.63) is 58.0 Å². The average molecular weight is 295 g/mol. The Kier molecular flexibility index (Phi) is 4.02. The van der Waals surface area contributed by atoms with Crippen LogP contribution < -0.4 is 0 Å². The first-order valence-electron chi connectivity index (χ1n) is 5.69. The molecule has 90 valence electrons. The van der Waals surface area contributed by atoms with Crippen LogP contribution in [0.15, 0.2) is 45.5 Å². The Morgan fingerprint density at radius 2 is 1.94 bits per heavy atom. The number of hydrogen-bond acceptors (Lipinski definition) is 2. The maximum absolute atomic E-state index is 10.2. The molecule has 0 saturated heterocycles. The molecular formula is C14H15BrO2. The molecule has 1 N–H and O–H groups in total. The number of aliphatic hydroxyl groups excluding tert-OH is 1. The summed E-state index contributed by atoms with van der Waals surface area (Å²) in [6.07, 6.45) is 2.56. The molecule has 2 rings (SSSR count). The number of aliphatic hydroxyl groups is 1. The van der Waals surface area contributed by atoms with Gasteiger partial charge in [-0.2, -0.15) is 0 Å². The number of hydrogen-bond donors (Lipinski definition) is 1. The summed E-state index contributed by atoms with van der Waals surface area (Å²) in [6.45, 7) is 2.02. The third kappa shape index (κ3) is 2.99. The summed E-state index contributed by atoms with van der Waals surface area (Å²) in [5.74, 6) is 0.870. The maximum Gasteiger partial charge on any atom is 0.109 e. The van der Waals surface area contributed by atoms with E-state index in [1.807, 2.05) is 37.3 Å². The van der Waals surface area contributed by atoms with Crippen LogP contribution in [0, 0.1) is 0 Å². The van der Waals surface area contributed by atoms with Gasteiger partial charge in [0.15, 0.2) is 0 Å². The van der Waals surface area contributed by atoms with Crippen LogP contribution in [0.1, 0.15) is 29.9 Å². The predicted molar refractivity (Wildman–Crippen MR) is 70.9 cm³/mol. The molecule has 1 heterocycles. The number of rotatable bonds is 4. The quantitative estimate of drug-likeness (QED) is 0.928. The van der Waals surface area contributed by atoms with Crippen LogP contribution in [-0.4, -0.2) is 5.11 Å². The molecule has 0 bridgehead atoms. The fourth-order valence-corrected chi connectivity index (χ4v) is 2.15. The SMILES string of the molecule is CCc1occc1C(O)Cc1ccc(Br)cc1. The zero-order chi connectivity index (χ0) is 12.3. The summed E-state index contributed by atoms with van der Waals surface area (Å²) in [5, 5.41) is 10.2. The van der Waals surface area contributed by atoms with Crippen LogP contribution in [0.4, 0.5) is 0 Å². The molecule has 3 heteroatoms. The molecule has 17 heavy (non-hydrogen) atoms. The van der Waals surface area contributed by atoms with Gasteiger partial charge in [-0.1, -0.05) is 35.0 Å². The molecule has 0 spiro atoms. The Hall–Kier alpha value is -1.06. The molecule has 0 radical (unpaired) electrons. The van der Waals surface area contributed by atoms with Gasteiger partial charge in [-0.3, -0.25) is 0 Å². The topological polar surface area (TPSA) is 33.4 Å². The standard InChI is InChI=1S/C14H15BrO2/c1-2-14-12(7-8-17-14)13(16)9-10-3-5-11(15)6-4-10/h3-8,13,16H,2,9H2,1H3. The van der Waals surface area contributed by atoms with Crippen LogP contribution in [0.5, 0.6) is 0 Å². The molecule has 1 aromatic carbocycles. The summed E-state index contributed by atoms with van der Waals surface area (Å²) in [5.41, 5.74) is 2.01. The Morgan fingerprint density at radius 3 is 2.59 bits per heavy atom. The highest BCUT2D eigenvalue weighted by atomic mass is 79.9. The lowest BCUT2D eigenvalue weighted by molar-refractivity contribution is 0.176. The number of halogens is 1. The smallest absolute Gasteiger partial charge is 0.109 e. The zero-order valence-corrected chi connectivity index (χ0v) is 11.3. The number of furan rings is 1. The van der Waals surface area contributed by atoms with E-state index in [2.05, 4.69) is 15.9 Å². The molecule has 0 aliphatic heterocycles. The maximum atomic E-state index is 10.2. The summed E-state index contributed by atoms with van der Waals surface area (Å²) >= 11 is 3.40. The fraction of sp³-hybridized carbons (Fsp3) is 0.286. The van der Waals surface area contributed by atoms with Gasteiger partial charge in [-0.25, -0.2) is 0 Å². The minimum absolute atomic E-state index is 0.495. The predicted octanol–water partition coefficient (Wildman–Crippen LogP) is 3.88. The first-order valence-corrected chi connectivity index (χ1v) is 6.48. The van der Waals surface area contributed by atoms with E-state index in [1.165, 1.54) is 0 Å². The number of aryl methyl sites for hydroxylation is 1. The van der Waals surface area contributed by atoms with E-state index in [4.69, 9.17) is 4.42 Å². The van der Waals surface area contributed by atoms with Gasteiger partial charge < -0.3 is 9.52 Å². The highest BCUT2D eigenvalue weighted by Gasteiger charge is 2.14. The molecule has 0 amide bonds. The van der Waals surface area contributed by atoms with Crippen molar-refractivity contribution < 1.29 is 9.52 Å². The molecule has 1 atom stereocenters. The van der Waals surface area contributed by atoms with Crippen molar-refractivity contribution in [3.8, 4) is 0 Å². The van der Waals surface area contributed by atoms with Crippen molar-refractivity contribution >= 4 is 15.9 Å². The van der Waals surface area contributed by atoms with Crippen LogP contribution in [-0.2, 0) is 12.8 Å². The van der Waals surface area contributed by atoms with Crippen molar-refractivity contribution in [3.63, 3.8) is 0 Å². The second kappa shape index (κ2) is 5.52. The highest BCUT2D eigenvalue weighted by molar-refractivity contribution is 9.10. The molecule has 2 aromatic rings. The lowest BCUT2D eigenvalue weighted by Crippen LogP contribution is -2.02. The lowest BCUT2D eigenvalue weighted by Gasteiger charge is -2.10. The lowest BCUT2D eigenvalue weighted by atomic mass is 10.0. The van der Waals surface area contributed by atoms with E-state index < -0.39 is 6.10 Å². The van der Waals surface area contributed by atoms with E-state index >= 15 is 0 Å². The molecule has 0 saturated carbocycles. The molecule has 0 aliphatic rings. The molecular weight excluding hydrogens is 280 g/mol. The zero-order valence-electron chi connectivity index (χ0n) is 9.69. The van der Waals surface area contributed by atoms with Crippen molar-refractivity contribution in [2.75, 3.05) is 0 Å². The van der Waals surface area contributed by atoms with Gasteiger partial charge in [0.1, 0.15) is 5.76 Å². The van der Waals surface area contributed by atoms with E-state index in [9.17, 15) is 5.11 Å². The van der Waals surface area contributed by atoms with Crippen LogP contribution in [0.25, 0.3) is 0 Å². The fourth-order valence-electron chi connectivity index (χ4n) is 1.89. The van der Waals surface area contributed by atoms with Gasteiger partial charge in [0.25, 0.3) is 0 Å². The largest absolute Gasteiger partial charge is 0.469 e. The average Bonchev–Trinajstić information content (AvgIpc) is 2.80. The third-order valence-corrected chi connectivity index (χ3v) is 3.33. The first kappa shape index (κ1) is 12.4. The second-order valence-electron chi connectivity index (χ2n) is 4.00. The molecule has 0 aliphatic carbocycles. The minimum Gasteiger partial charge on any atom is -0.469 e. The normalized spacial score (nSPS) is 12.6. The van der Waals surface area contributed by atoms with Gasteiger partial charge in [-0.05, 0) is 23.8 Å². The van der Waals surface area contributed by atoms with Crippen molar-refractivity contribution in [2.24, 2.45) is 0 Å². The molecule has 2 nitrogen and oxygen atoms in total. The minimum atomic E-state index is -0.495. The van der Waals surface area contributed by atoms with Crippen LogP contribution >= 0.6 is 15.9 Å². The first-order chi connectivity index (χ1) is 8.20. The molecule has 0 fully saturated rings.